The van der Waals surface area contributed by atoms with Gasteiger partial charge < -0.3 is 25.6 Å². The first-order chi connectivity index (χ1) is 24.0. The second-order valence-electron chi connectivity index (χ2n) is 12.0. The third kappa shape index (κ3) is 11.0. The first kappa shape index (κ1) is 38.2. The summed E-state index contributed by atoms with van der Waals surface area (Å²) in [5.74, 6) is -2.60. The van der Waals surface area contributed by atoms with Crippen molar-refractivity contribution >= 4 is 27.7 Å². The molecule has 0 aromatic heterocycles. The Kier molecular flexibility index (Phi) is 14.1. The zero-order chi connectivity index (χ0) is 36.1. The maximum absolute atomic E-state index is 15.4. The lowest BCUT2D eigenvalue weighted by atomic mass is 9.76. The molecule has 13 nitrogen and oxygen atoms in total. The molecule has 1 heterocycles. The summed E-state index contributed by atoms with van der Waals surface area (Å²) in [6.07, 6.45) is -0.986. The van der Waals surface area contributed by atoms with E-state index in [0.29, 0.717) is 31.6 Å². The number of aliphatic hydroxyl groups is 1. The van der Waals surface area contributed by atoms with Crippen molar-refractivity contribution in [3.8, 4) is 0 Å². The van der Waals surface area contributed by atoms with E-state index in [1.54, 1.807) is 30.3 Å². The van der Waals surface area contributed by atoms with Gasteiger partial charge in [0.25, 0.3) is 0 Å². The molecule has 3 aromatic carbocycles. The molecule has 0 aliphatic carbocycles. The van der Waals surface area contributed by atoms with Crippen LogP contribution in [0.3, 0.4) is 0 Å². The van der Waals surface area contributed by atoms with Crippen LogP contribution in [0.1, 0.15) is 49.1 Å². The van der Waals surface area contributed by atoms with Gasteiger partial charge in [-0.1, -0.05) is 41.5 Å². The summed E-state index contributed by atoms with van der Waals surface area (Å²) < 4.78 is 68.4. The maximum atomic E-state index is 15.4. The molecule has 0 radical (unpaired) electrons. The van der Waals surface area contributed by atoms with E-state index in [9.17, 15) is 33.0 Å². The molecule has 2 amide bonds. The molecule has 268 valence electrons. The summed E-state index contributed by atoms with van der Waals surface area (Å²) in [5, 5.41) is 16.9. The number of primary amides is 1. The van der Waals surface area contributed by atoms with Crippen LogP contribution in [0.25, 0.3) is 10.4 Å². The number of aliphatic hydroxyl groups excluding tert-OH is 1. The molecular formula is C34H40F2N6O7S. The van der Waals surface area contributed by atoms with Gasteiger partial charge >= 0.3 is 6.09 Å². The standard InChI is InChI=1S/C34H40F2N6O7S/c35-24-11-9-22(10-12-24)31(23-17-19-48-20-18-23)32(40-42-38)33(44)39-30-8-4-7-29(36)28(30)16-14-25(13-15-26(43)21-49-34(37)45)41-50(46,47)27-5-2-1-3-6-27/h1-12,23,25-26,31-32,41,43H,13-21H2,(H2,37,45)(H,39,44)/t25-,26-,31-,32-/m0/s1. The monoisotopic (exact) mass is 714 g/mol. The third-order valence-electron chi connectivity index (χ3n) is 8.57. The number of amides is 2. The Hall–Kier alpha value is -4.60. The number of hydrogen-bond acceptors (Lipinski definition) is 8. The molecule has 1 fully saturated rings. The van der Waals surface area contributed by atoms with Crippen LogP contribution in [-0.4, -0.2) is 63.5 Å². The molecule has 4 atom stereocenters. The van der Waals surface area contributed by atoms with Crippen LogP contribution >= 0.6 is 0 Å². The minimum atomic E-state index is -4.02. The molecule has 1 aliphatic heterocycles. The number of hydrogen-bond donors (Lipinski definition) is 4. The Labute approximate surface area is 288 Å². The van der Waals surface area contributed by atoms with Gasteiger partial charge in [-0.05, 0) is 91.9 Å². The summed E-state index contributed by atoms with van der Waals surface area (Å²) in [7, 11) is -4.02. The topological polar surface area (TPSA) is 206 Å². The van der Waals surface area contributed by atoms with Crippen molar-refractivity contribution in [2.45, 2.75) is 67.5 Å². The predicted molar refractivity (Wildman–Crippen MR) is 180 cm³/mol. The number of carbonyl (C=O) groups excluding carboxylic acids is 2. The number of nitrogens with one attached hydrogen (secondary N) is 2. The normalized spacial score (nSPS) is 16.0. The lowest BCUT2D eigenvalue weighted by molar-refractivity contribution is -0.118. The molecule has 3 aromatic rings. The largest absolute Gasteiger partial charge is 0.447 e. The highest BCUT2D eigenvalue weighted by atomic mass is 32.2. The Balaban J connectivity index is 1.57. The molecule has 1 aliphatic rings. The lowest BCUT2D eigenvalue weighted by Crippen LogP contribution is -2.38. The van der Waals surface area contributed by atoms with Crippen molar-refractivity contribution in [3.05, 3.63) is 106 Å². The molecule has 0 spiro atoms. The van der Waals surface area contributed by atoms with Crippen molar-refractivity contribution in [2.75, 3.05) is 25.1 Å². The molecule has 50 heavy (non-hydrogen) atoms. The number of ether oxygens (including phenoxy) is 2. The fourth-order valence-electron chi connectivity index (χ4n) is 6.07. The summed E-state index contributed by atoms with van der Waals surface area (Å²) in [4.78, 5) is 27.8. The van der Waals surface area contributed by atoms with E-state index in [-0.39, 0.29) is 47.7 Å². The Bertz CT molecular complexity index is 1740. The molecular weight excluding hydrogens is 674 g/mol. The van der Waals surface area contributed by atoms with Gasteiger partial charge in [-0.2, -0.15) is 0 Å². The summed E-state index contributed by atoms with van der Waals surface area (Å²) in [5.41, 5.74) is 15.2. The van der Waals surface area contributed by atoms with Crippen molar-refractivity contribution < 1.29 is 41.4 Å². The van der Waals surface area contributed by atoms with Crippen LogP contribution in [-0.2, 0) is 30.7 Å². The second-order valence-corrected chi connectivity index (χ2v) is 13.7. The van der Waals surface area contributed by atoms with E-state index >= 15 is 4.39 Å². The van der Waals surface area contributed by atoms with E-state index in [0.717, 1.165) is 0 Å². The minimum absolute atomic E-state index is 0.00535. The number of anilines is 1. The summed E-state index contributed by atoms with van der Waals surface area (Å²) in [6.45, 7) is 0.479. The van der Waals surface area contributed by atoms with Gasteiger partial charge in [0.15, 0.2) is 0 Å². The SMILES string of the molecule is [N-]=[N+]=N[C@H](C(=O)Nc1cccc(F)c1CC[C@H](CC[C@H](O)COC(N)=O)NS(=O)(=O)c1ccccc1)[C@@H](c1ccc(F)cc1)C1CCOCC1. The zero-order valence-electron chi connectivity index (χ0n) is 27.2. The van der Waals surface area contributed by atoms with Gasteiger partial charge in [-0.25, -0.2) is 26.7 Å². The van der Waals surface area contributed by atoms with E-state index in [4.69, 9.17) is 10.5 Å². The number of nitrogens with two attached hydrogens (primary N) is 1. The second kappa shape index (κ2) is 18.4. The number of halogens is 2. The Morgan fingerprint density at radius 3 is 2.38 bits per heavy atom. The number of azide groups is 1. The molecule has 16 heteroatoms. The molecule has 0 saturated carbocycles. The van der Waals surface area contributed by atoms with Crippen LogP contribution in [0.5, 0.6) is 0 Å². The van der Waals surface area contributed by atoms with Gasteiger partial charge in [0, 0.05) is 41.3 Å². The Morgan fingerprint density at radius 1 is 1.02 bits per heavy atom. The summed E-state index contributed by atoms with van der Waals surface area (Å²) >= 11 is 0. The van der Waals surface area contributed by atoms with E-state index in [1.807, 2.05) is 0 Å². The molecule has 1 saturated heterocycles. The average molecular weight is 715 g/mol. The fourth-order valence-corrected chi connectivity index (χ4v) is 7.40. The first-order valence-electron chi connectivity index (χ1n) is 16.1. The maximum Gasteiger partial charge on any atom is 0.404 e. The van der Waals surface area contributed by atoms with Crippen LogP contribution in [0.2, 0.25) is 0 Å². The molecule has 0 unspecified atom stereocenters. The van der Waals surface area contributed by atoms with E-state index in [2.05, 4.69) is 24.8 Å². The predicted octanol–water partition coefficient (Wildman–Crippen LogP) is 5.31. The first-order valence-corrected chi connectivity index (χ1v) is 17.6. The number of nitrogens with zero attached hydrogens (tertiary/aromatic N) is 3. The van der Waals surface area contributed by atoms with Crippen molar-refractivity contribution in [2.24, 2.45) is 16.8 Å². The van der Waals surface area contributed by atoms with Gasteiger partial charge in [-0.15, -0.1) is 0 Å². The summed E-state index contributed by atoms with van der Waals surface area (Å²) in [6, 6.07) is 15.2. The average Bonchev–Trinajstić information content (AvgIpc) is 3.10. The van der Waals surface area contributed by atoms with Crippen molar-refractivity contribution in [1.29, 1.82) is 0 Å². The van der Waals surface area contributed by atoms with Crippen molar-refractivity contribution in [1.82, 2.24) is 4.72 Å². The highest BCUT2D eigenvalue weighted by molar-refractivity contribution is 7.89. The van der Waals surface area contributed by atoms with Gasteiger partial charge in [-0.3, -0.25) is 4.79 Å². The Morgan fingerprint density at radius 2 is 1.72 bits per heavy atom. The van der Waals surface area contributed by atoms with Crippen LogP contribution < -0.4 is 15.8 Å². The van der Waals surface area contributed by atoms with E-state index < -0.39 is 64.4 Å². The van der Waals surface area contributed by atoms with Crippen LogP contribution in [0.15, 0.2) is 82.8 Å². The third-order valence-corrected chi connectivity index (χ3v) is 10.1. The number of sulfonamides is 1. The number of rotatable bonds is 17. The molecule has 5 N–H and O–H groups in total. The molecule has 0 bridgehead atoms. The van der Waals surface area contributed by atoms with Gasteiger partial charge in [0.05, 0.1) is 11.0 Å². The van der Waals surface area contributed by atoms with E-state index in [1.165, 1.54) is 42.5 Å². The van der Waals surface area contributed by atoms with Gasteiger partial charge in [0.1, 0.15) is 24.3 Å². The zero-order valence-corrected chi connectivity index (χ0v) is 28.0. The number of carbonyl (C=O) groups is 2. The van der Waals surface area contributed by atoms with Gasteiger partial charge in [0.2, 0.25) is 15.9 Å². The quantitative estimate of drug-likeness (QED) is 0.0823. The lowest BCUT2D eigenvalue weighted by Gasteiger charge is -2.34. The highest BCUT2D eigenvalue weighted by Gasteiger charge is 2.36. The molecule has 4 rings (SSSR count). The van der Waals surface area contributed by atoms with Crippen LogP contribution in [0.4, 0.5) is 19.3 Å². The minimum Gasteiger partial charge on any atom is -0.447 e. The highest BCUT2D eigenvalue weighted by Crippen LogP contribution is 2.37. The fraction of sp³-hybridized carbons (Fsp3) is 0.412. The van der Waals surface area contributed by atoms with Crippen molar-refractivity contribution in [3.63, 3.8) is 0 Å². The van der Waals surface area contributed by atoms with Crippen LogP contribution in [0, 0.1) is 17.6 Å². The number of benzene rings is 3. The smallest absolute Gasteiger partial charge is 0.404 e.